The van der Waals surface area contributed by atoms with Crippen molar-refractivity contribution < 1.29 is 10.0 Å². The van der Waals surface area contributed by atoms with Crippen LogP contribution in [-0.2, 0) is 4.79 Å². The lowest BCUT2D eigenvalue weighted by Gasteiger charge is -2.34. The Morgan fingerprint density at radius 2 is 1.83 bits per heavy atom. The third-order valence-corrected chi connectivity index (χ3v) is 4.66. The van der Waals surface area contributed by atoms with Crippen LogP contribution in [0.2, 0.25) is 0 Å². The molecule has 0 saturated heterocycles. The minimum absolute atomic E-state index is 0.0437. The maximum absolute atomic E-state index is 12.7. The summed E-state index contributed by atoms with van der Waals surface area (Å²) in [6.07, 6.45) is 7.90. The van der Waals surface area contributed by atoms with E-state index >= 15 is 0 Å². The van der Waals surface area contributed by atoms with Crippen molar-refractivity contribution in [3.05, 3.63) is 0 Å². The zero-order valence-electron chi connectivity index (χ0n) is 11.1. The number of amidine groups is 1. The molecule has 2 fully saturated rings. The summed E-state index contributed by atoms with van der Waals surface area (Å²) >= 11 is 0. The van der Waals surface area contributed by atoms with Crippen LogP contribution in [-0.4, -0.2) is 34.9 Å². The van der Waals surface area contributed by atoms with Crippen LogP contribution in [0.3, 0.4) is 0 Å². The second-order valence-electron chi connectivity index (χ2n) is 5.63. The topological polar surface area (TPSA) is 78.9 Å². The highest BCUT2D eigenvalue weighted by molar-refractivity contribution is 6.07. The molecule has 2 aliphatic rings. The van der Waals surface area contributed by atoms with E-state index in [2.05, 4.69) is 5.16 Å². The van der Waals surface area contributed by atoms with E-state index in [0.717, 1.165) is 25.7 Å². The molecule has 5 nitrogen and oxygen atoms in total. The molecule has 0 atom stereocenters. The maximum atomic E-state index is 12.7. The van der Waals surface area contributed by atoms with E-state index in [1.165, 1.54) is 12.8 Å². The molecule has 102 valence electrons. The molecular formula is C13H23N3O2. The van der Waals surface area contributed by atoms with E-state index in [4.69, 9.17) is 10.9 Å². The molecule has 0 aromatic rings. The molecular weight excluding hydrogens is 230 g/mol. The predicted octanol–water partition coefficient (Wildman–Crippen LogP) is 1.69. The normalized spacial score (nSPS) is 24.4. The molecule has 0 aliphatic heterocycles. The van der Waals surface area contributed by atoms with Crippen molar-refractivity contribution in [2.45, 2.75) is 57.4 Å². The fraction of sp³-hybridized carbons (Fsp3) is 0.846. The Morgan fingerprint density at radius 3 is 2.33 bits per heavy atom. The van der Waals surface area contributed by atoms with E-state index in [0.29, 0.717) is 18.9 Å². The van der Waals surface area contributed by atoms with Crippen molar-refractivity contribution in [3.63, 3.8) is 0 Å². The molecule has 2 saturated carbocycles. The molecule has 0 heterocycles. The van der Waals surface area contributed by atoms with Crippen LogP contribution in [0.4, 0.5) is 0 Å². The molecule has 0 radical (unpaired) electrons. The third-order valence-electron chi connectivity index (χ3n) is 4.66. The molecule has 0 bridgehead atoms. The number of carbonyl (C=O) groups excluding carboxylic acids is 1. The molecule has 0 spiro atoms. The molecule has 0 aromatic heterocycles. The van der Waals surface area contributed by atoms with Gasteiger partial charge in [0.25, 0.3) is 0 Å². The number of nitrogens with two attached hydrogens (primary N) is 1. The van der Waals surface area contributed by atoms with Crippen molar-refractivity contribution in [1.82, 2.24) is 4.90 Å². The molecule has 18 heavy (non-hydrogen) atoms. The molecule has 0 unspecified atom stereocenters. The van der Waals surface area contributed by atoms with Gasteiger partial charge >= 0.3 is 0 Å². The van der Waals surface area contributed by atoms with E-state index < -0.39 is 5.41 Å². The third kappa shape index (κ3) is 2.06. The molecule has 2 rings (SSSR count). The van der Waals surface area contributed by atoms with Gasteiger partial charge in [-0.15, -0.1) is 0 Å². The summed E-state index contributed by atoms with van der Waals surface area (Å²) in [5.41, 5.74) is 5.06. The van der Waals surface area contributed by atoms with Gasteiger partial charge in [0.15, 0.2) is 5.84 Å². The summed E-state index contributed by atoms with van der Waals surface area (Å²) in [6.45, 7) is 0. The Hall–Kier alpha value is -1.26. The minimum Gasteiger partial charge on any atom is -0.409 e. The van der Waals surface area contributed by atoms with Gasteiger partial charge < -0.3 is 15.8 Å². The van der Waals surface area contributed by atoms with Crippen LogP contribution in [0, 0.1) is 5.41 Å². The van der Waals surface area contributed by atoms with Gasteiger partial charge in [0, 0.05) is 13.1 Å². The van der Waals surface area contributed by atoms with Crippen molar-refractivity contribution in [2.24, 2.45) is 16.3 Å². The monoisotopic (exact) mass is 253 g/mol. The van der Waals surface area contributed by atoms with Gasteiger partial charge in [-0.05, 0) is 25.7 Å². The Balaban J connectivity index is 2.18. The maximum Gasteiger partial charge on any atom is 0.236 e. The first-order valence-corrected chi connectivity index (χ1v) is 6.87. The summed E-state index contributed by atoms with van der Waals surface area (Å²) in [5.74, 6) is 0.136. The highest BCUT2D eigenvalue weighted by atomic mass is 16.4. The molecule has 0 aromatic carbocycles. The zero-order chi connectivity index (χ0) is 13.2. The average molecular weight is 253 g/mol. The number of carbonyl (C=O) groups is 1. The number of hydrogen-bond donors (Lipinski definition) is 2. The van der Waals surface area contributed by atoms with Gasteiger partial charge in [0.05, 0.1) is 0 Å². The first-order chi connectivity index (χ1) is 8.62. The number of amides is 1. The first kappa shape index (κ1) is 13.2. The second kappa shape index (κ2) is 5.16. The van der Waals surface area contributed by atoms with Crippen LogP contribution in [0.5, 0.6) is 0 Å². The summed E-state index contributed by atoms with van der Waals surface area (Å²) in [5, 5.41) is 12.1. The Labute approximate surface area is 108 Å². The predicted molar refractivity (Wildman–Crippen MR) is 69.3 cm³/mol. The summed E-state index contributed by atoms with van der Waals surface area (Å²) < 4.78 is 0. The second-order valence-corrected chi connectivity index (χ2v) is 5.63. The highest BCUT2D eigenvalue weighted by Gasteiger charge is 2.47. The van der Waals surface area contributed by atoms with E-state index in [-0.39, 0.29) is 11.7 Å². The standard InChI is InChI=1S/C13H23N3O2/c1-16(10-6-2-3-7-10)12(17)13(11(14)15-18)8-4-5-9-13/h10,18H,2-9H2,1H3,(H2,14,15). The van der Waals surface area contributed by atoms with Crippen LogP contribution >= 0.6 is 0 Å². The smallest absolute Gasteiger partial charge is 0.236 e. The number of rotatable bonds is 3. The zero-order valence-corrected chi connectivity index (χ0v) is 11.1. The SMILES string of the molecule is CN(C(=O)C1(C(N)=NO)CCCC1)C1CCCC1. The minimum atomic E-state index is -0.744. The molecule has 1 amide bonds. The first-order valence-electron chi connectivity index (χ1n) is 6.87. The van der Waals surface area contributed by atoms with E-state index in [1.807, 2.05) is 11.9 Å². The quantitative estimate of drug-likeness (QED) is 0.348. The fourth-order valence-corrected chi connectivity index (χ4v) is 3.45. The summed E-state index contributed by atoms with van der Waals surface area (Å²) in [7, 11) is 1.86. The number of nitrogens with zero attached hydrogens (tertiary/aromatic N) is 2. The largest absolute Gasteiger partial charge is 0.409 e. The number of hydrogen-bond acceptors (Lipinski definition) is 3. The van der Waals surface area contributed by atoms with Crippen LogP contribution in [0.25, 0.3) is 0 Å². The van der Waals surface area contributed by atoms with Gasteiger partial charge in [-0.1, -0.05) is 30.8 Å². The van der Waals surface area contributed by atoms with Crippen molar-refractivity contribution in [1.29, 1.82) is 0 Å². The summed E-state index contributed by atoms with van der Waals surface area (Å²) in [4.78, 5) is 14.6. The molecule has 5 heteroatoms. The van der Waals surface area contributed by atoms with Gasteiger partial charge in [-0.3, -0.25) is 4.79 Å². The Bertz CT molecular complexity index is 342. The summed E-state index contributed by atoms with van der Waals surface area (Å²) in [6, 6.07) is 0.335. The van der Waals surface area contributed by atoms with Crippen molar-refractivity contribution in [3.8, 4) is 0 Å². The average Bonchev–Trinajstić information content (AvgIpc) is 3.07. The van der Waals surface area contributed by atoms with Crippen LogP contribution in [0.15, 0.2) is 5.16 Å². The lowest BCUT2D eigenvalue weighted by molar-refractivity contribution is -0.139. The highest BCUT2D eigenvalue weighted by Crippen LogP contribution is 2.41. The number of oxime groups is 1. The Morgan fingerprint density at radius 1 is 1.28 bits per heavy atom. The van der Waals surface area contributed by atoms with Crippen molar-refractivity contribution in [2.75, 3.05) is 7.05 Å². The Kier molecular flexibility index (Phi) is 3.78. The van der Waals surface area contributed by atoms with Gasteiger partial charge in [-0.2, -0.15) is 0 Å². The molecule has 3 N–H and O–H groups in total. The fourth-order valence-electron chi connectivity index (χ4n) is 3.45. The van der Waals surface area contributed by atoms with Gasteiger partial charge in [0.2, 0.25) is 5.91 Å². The van der Waals surface area contributed by atoms with Gasteiger partial charge in [-0.25, -0.2) is 0 Å². The van der Waals surface area contributed by atoms with Crippen LogP contribution < -0.4 is 5.73 Å². The molecule has 2 aliphatic carbocycles. The van der Waals surface area contributed by atoms with Crippen molar-refractivity contribution >= 4 is 11.7 Å². The van der Waals surface area contributed by atoms with E-state index in [9.17, 15) is 4.79 Å². The van der Waals surface area contributed by atoms with Gasteiger partial charge in [0.1, 0.15) is 5.41 Å². The van der Waals surface area contributed by atoms with Crippen LogP contribution in [0.1, 0.15) is 51.4 Å². The lowest BCUT2D eigenvalue weighted by Crippen LogP contribution is -2.51. The van der Waals surface area contributed by atoms with E-state index in [1.54, 1.807) is 0 Å². The lowest BCUT2D eigenvalue weighted by atomic mass is 9.83.